The molecule has 0 aliphatic carbocycles. The Labute approximate surface area is 161 Å². The normalized spacial score (nSPS) is 13.2. The third-order valence-corrected chi connectivity index (χ3v) is 5.60. The molecule has 0 spiro atoms. The lowest BCUT2D eigenvalue weighted by Crippen LogP contribution is -2.23. The Morgan fingerprint density at radius 1 is 0.769 bits per heavy atom. The minimum absolute atomic E-state index is 0.250. The van der Waals surface area contributed by atoms with Gasteiger partial charge in [-0.1, -0.05) is 90.4 Å². The SMILES string of the molecule is CCCCCCCCCCCCCCCCOC[C@@H](CP(=O)(O)O)OC. The van der Waals surface area contributed by atoms with E-state index in [-0.39, 0.29) is 12.8 Å². The van der Waals surface area contributed by atoms with Crippen LogP contribution < -0.4 is 0 Å². The van der Waals surface area contributed by atoms with Gasteiger partial charge in [-0.3, -0.25) is 4.57 Å². The topological polar surface area (TPSA) is 76.0 Å². The fraction of sp³-hybridized carbons (Fsp3) is 1.00. The zero-order valence-electron chi connectivity index (χ0n) is 17.2. The zero-order valence-corrected chi connectivity index (χ0v) is 18.1. The summed E-state index contributed by atoms with van der Waals surface area (Å²) in [4.78, 5) is 17.9. The van der Waals surface area contributed by atoms with Crippen LogP contribution in [0.3, 0.4) is 0 Å². The molecule has 0 aromatic carbocycles. The lowest BCUT2D eigenvalue weighted by atomic mass is 10.0. The average Bonchev–Trinajstić information content (AvgIpc) is 2.59. The van der Waals surface area contributed by atoms with E-state index < -0.39 is 13.7 Å². The van der Waals surface area contributed by atoms with Crippen LogP contribution in [0.4, 0.5) is 0 Å². The van der Waals surface area contributed by atoms with Gasteiger partial charge in [-0.15, -0.1) is 0 Å². The predicted molar refractivity (Wildman–Crippen MR) is 109 cm³/mol. The maximum atomic E-state index is 10.9. The van der Waals surface area contributed by atoms with Gasteiger partial charge in [0.2, 0.25) is 0 Å². The molecule has 0 aliphatic heterocycles. The largest absolute Gasteiger partial charge is 0.379 e. The molecule has 2 N–H and O–H groups in total. The van der Waals surface area contributed by atoms with Gasteiger partial charge in [-0.2, -0.15) is 0 Å². The molecule has 0 aromatic rings. The Morgan fingerprint density at radius 2 is 1.19 bits per heavy atom. The van der Waals surface area contributed by atoms with Crippen LogP contribution in [0.1, 0.15) is 96.8 Å². The highest BCUT2D eigenvalue weighted by atomic mass is 31.2. The van der Waals surface area contributed by atoms with E-state index in [9.17, 15) is 4.57 Å². The monoisotopic (exact) mass is 394 g/mol. The van der Waals surface area contributed by atoms with E-state index in [1.807, 2.05) is 0 Å². The van der Waals surface area contributed by atoms with Crippen LogP contribution in [0.25, 0.3) is 0 Å². The molecule has 0 amide bonds. The zero-order chi connectivity index (χ0) is 19.5. The third kappa shape index (κ3) is 20.4. The van der Waals surface area contributed by atoms with Gasteiger partial charge >= 0.3 is 7.60 Å². The molecule has 0 fully saturated rings. The second-order valence-electron chi connectivity index (χ2n) is 7.38. The standard InChI is InChI=1S/C20H43O5P/c1-3-4-5-6-7-8-9-10-11-12-13-14-15-16-17-25-18-20(24-2)19-26(21,22)23/h20H,3-19H2,1-2H3,(H2,21,22,23)/t20-/m0/s1. The first-order valence-electron chi connectivity index (χ1n) is 10.6. The fourth-order valence-corrected chi connectivity index (χ4v) is 3.86. The molecular formula is C20H43O5P. The summed E-state index contributed by atoms with van der Waals surface area (Å²) in [5.74, 6) is 0. The van der Waals surface area contributed by atoms with Crippen molar-refractivity contribution >= 4 is 7.60 Å². The highest BCUT2D eigenvalue weighted by Gasteiger charge is 2.21. The second kappa shape index (κ2) is 18.4. The highest BCUT2D eigenvalue weighted by Crippen LogP contribution is 2.35. The van der Waals surface area contributed by atoms with Crippen molar-refractivity contribution in [3.8, 4) is 0 Å². The number of unbranched alkanes of at least 4 members (excludes halogenated alkanes) is 13. The summed E-state index contributed by atoms with van der Waals surface area (Å²) < 4.78 is 21.4. The van der Waals surface area contributed by atoms with E-state index in [0.29, 0.717) is 6.61 Å². The molecule has 0 radical (unpaired) electrons. The molecule has 0 saturated heterocycles. The molecule has 0 bridgehead atoms. The van der Waals surface area contributed by atoms with Gasteiger partial charge in [-0.05, 0) is 6.42 Å². The van der Waals surface area contributed by atoms with Crippen molar-refractivity contribution in [1.29, 1.82) is 0 Å². The van der Waals surface area contributed by atoms with Crippen LogP contribution in [0.2, 0.25) is 0 Å². The third-order valence-electron chi connectivity index (χ3n) is 4.72. The quantitative estimate of drug-likeness (QED) is 0.205. The Balaban J connectivity index is 3.23. The summed E-state index contributed by atoms with van der Waals surface area (Å²) in [5.41, 5.74) is 0. The Morgan fingerprint density at radius 3 is 1.58 bits per heavy atom. The summed E-state index contributed by atoms with van der Waals surface area (Å²) in [6.45, 7) is 3.15. The predicted octanol–water partition coefficient (Wildman–Crippen LogP) is 5.68. The molecule has 6 heteroatoms. The highest BCUT2D eigenvalue weighted by molar-refractivity contribution is 7.51. The van der Waals surface area contributed by atoms with Crippen LogP contribution in [0.15, 0.2) is 0 Å². The van der Waals surface area contributed by atoms with Gasteiger partial charge in [0.05, 0.1) is 18.9 Å². The van der Waals surface area contributed by atoms with Gasteiger partial charge < -0.3 is 19.3 Å². The first-order chi connectivity index (χ1) is 12.5. The molecule has 0 aliphatic rings. The number of hydrogen-bond acceptors (Lipinski definition) is 3. The molecule has 0 heterocycles. The Bertz CT molecular complexity index is 332. The van der Waals surface area contributed by atoms with Gasteiger partial charge in [0.1, 0.15) is 0 Å². The van der Waals surface area contributed by atoms with Gasteiger partial charge in [-0.25, -0.2) is 0 Å². The minimum Gasteiger partial charge on any atom is -0.379 e. The van der Waals surface area contributed by atoms with Crippen molar-refractivity contribution in [2.75, 3.05) is 26.5 Å². The number of hydrogen-bond donors (Lipinski definition) is 2. The van der Waals surface area contributed by atoms with E-state index >= 15 is 0 Å². The molecule has 26 heavy (non-hydrogen) atoms. The van der Waals surface area contributed by atoms with Crippen LogP contribution >= 0.6 is 7.60 Å². The maximum absolute atomic E-state index is 10.9. The minimum atomic E-state index is -4.03. The van der Waals surface area contributed by atoms with E-state index in [1.54, 1.807) is 0 Å². The van der Waals surface area contributed by atoms with Crippen LogP contribution in [0, 0.1) is 0 Å². The van der Waals surface area contributed by atoms with Gasteiger partial charge in [0, 0.05) is 13.7 Å². The Hall–Kier alpha value is 0.0700. The molecule has 1 atom stereocenters. The lowest BCUT2D eigenvalue weighted by molar-refractivity contribution is 0.0169. The summed E-state index contributed by atoms with van der Waals surface area (Å²) in [7, 11) is -2.58. The van der Waals surface area contributed by atoms with Crippen LogP contribution in [-0.2, 0) is 14.0 Å². The van der Waals surface area contributed by atoms with Crippen molar-refractivity contribution in [2.24, 2.45) is 0 Å². The van der Waals surface area contributed by atoms with E-state index in [2.05, 4.69) is 6.92 Å². The fourth-order valence-electron chi connectivity index (χ4n) is 3.07. The van der Waals surface area contributed by atoms with Crippen molar-refractivity contribution in [2.45, 2.75) is 103 Å². The second-order valence-corrected chi connectivity index (χ2v) is 9.07. The molecular weight excluding hydrogens is 351 g/mol. The van der Waals surface area contributed by atoms with Gasteiger partial charge in [0.25, 0.3) is 0 Å². The van der Waals surface area contributed by atoms with Crippen molar-refractivity contribution < 1.29 is 23.8 Å². The van der Waals surface area contributed by atoms with E-state index in [0.717, 1.165) is 12.8 Å². The molecule has 0 rings (SSSR count). The lowest BCUT2D eigenvalue weighted by Gasteiger charge is -2.16. The first kappa shape index (κ1) is 26.1. The maximum Gasteiger partial charge on any atom is 0.328 e. The molecule has 5 nitrogen and oxygen atoms in total. The molecule has 0 aromatic heterocycles. The Kier molecular flexibility index (Phi) is 18.5. The smallest absolute Gasteiger partial charge is 0.328 e. The summed E-state index contributed by atoms with van der Waals surface area (Å²) in [5, 5.41) is 0. The van der Waals surface area contributed by atoms with Crippen molar-refractivity contribution in [1.82, 2.24) is 0 Å². The number of ether oxygens (including phenoxy) is 2. The van der Waals surface area contributed by atoms with E-state index in [4.69, 9.17) is 19.3 Å². The van der Waals surface area contributed by atoms with Gasteiger partial charge in [0.15, 0.2) is 0 Å². The molecule has 158 valence electrons. The van der Waals surface area contributed by atoms with Crippen LogP contribution in [-0.4, -0.2) is 42.4 Å². The number of methoxy groups -OCH3 is 1. The van der Waals surface area contributed by atoms with E-state index in [1.165, 1.54) is 84.2 Å². The van der Waals surface area contributed by atoms with Crippen molar-refractivity contribution in [3.63, 3.8) is 0 Å². The summed E-state index contributed by atoms with van der Waals surface area (Å²) in [6, 6.07) is 0. The summed E-state index contributed by atoms with van der Waals surface area (Å²) in [6.07, 6.45) is 17.8. The van der Waals surface area contributed by atoms with Crippen LogP contribution in [0.5, 0.6) is 0 Å². The number of rotatable bonds is 20. The van der Waals surface area contributed by atoms with Crippen molar-refractivity contribution in [3.05, 3.63) is 0 Å². The first-order valence-corrected chi connectivity index (χ1v) is 12.4. The molecule has 0 saturated carbocycles. The average molecular weight is 395 g/mol. The summed E-state index contributed by atoms with van der Waals surface area (Å²) >= 11 is 0. The molecule has 0 unspecified atom stereocenters.